The Kier molecular flexibility index (Phi) is 5.39. The molecule has 0 fully saturated rings. The molecule has 0 amide bonds. The van der Waals surface area contributed by atoms with Crippen LogP contribution in [-0.4, -0.2) is 27.8 Å². The Morgan fingerprint density at radius 1 is 0.909 bits per heavy atom. The van der Waals surface area contributed by atoms with E-state index in [0.717, 1.165) is 34.6 Å². The summed E-state index contributed by atoms with van der Waals surface area (Å²) < 4.78 is 40.8. The lowest BCUT2D eigenvalue weighted by Gasteiger charge is -2.09. The van der Waals surface area contributed by atoms with Crippen molar-refractivity contribution < 1.29 is 12.8 Å². The van der Waals surface area contributed by atoms with Crippen LogP contribution in [0.15, 0.2) is 90.5 Å². The van der Waals surface area contributed by atoms with E-state index in [1.54, 1.807) is 30.9 Å². The van der Waals surface area contributed by atoms with E-state index >= 15 is 0 Å². The van der Waals surface area contributed by atoms with E-state index in [1.165, 1.54) is 12.1 Å². The molecule has 0 N–H and O–H groups in total. The van der Waals surface area contributed by atoms with Crippen LogP contribution in [-0.2, 0) is 15.6 Å². The van der Waals surface area contributed by atoms with Crippen molar-refractivity contribution in [3.8, 4) is 22.4 Å². The van der Waals surface area contributed by atoms with Crippen LogP contribution in [0.4, 0.5) is 4.39 Å². The molecule has 33 heavy (non-hydrogen) atoms. The van der Waals surface area contributed by atoms with Crippen molar-refractivity contribution in [1.82, 2.24) is 19.4 Å². The first kappa shape index (κ1) is 21.2. The predicted octanol–water partition coefficient (Wildman–Crippen LogP) is 5.22. The standard InChI is InChI=1S/C24H16ClFN4O2S/c25-24-19(15-33(31,32)21-6-4-20(26)5-7-21)10-18(12-29-24)22-13-28-23-8-3-17(14-30(22)23)16-2-1-9-27-11-16/h1-14H,15H2. The molecular weight excluding hydrogens is 463 g/mol. The molecule has 0 atom stereocenters. The van der Waals surface area contributed by atoms with Crippen LogP contribution in [0.1, 0.15) is 5.56 Å². The van der Waals surface area contributed by atoms with E-state index in [2.05, 4.69) is 15.0 Å². The largest absolute Gasteiger partial charge is 0.299 e. The lowest BCUT2D eigenvalue weighted by atomic mass is 10.1. The number of halogens is 2. The van der Waals surface area contributed by atoms with Gasteiger partial charge in [0.05, 0.1) is 22.5 Å². The molecule has 0 spiro atoms. The summed E-state index contributed by atoms with van der Waals surface area (Å²) >= 11 is 6.23. The molecule has 164 valence electrons. The van der Waals surface area contributed by atoms with Crippen LogP contribution in [0, 0.1) is 5.82 Å². The Hall–Kier alpha value is -3.62. The van der Waals surface area contributed by atoms with Gasteiger partial charge >= 0.3 is 0 Å². The highest BCUT2D eigenvalue weighted by Crippen LogP contribution is 2.28. The minimum atomic E-state index is -3.74. The Morgan fingerprint density at radius 2 is 1.73 bits per heavy atom. The quantitative estimate of drug-likeness (QED) is 0.255. The monoisotopic (exact) mass is 478 g/mol. The zero-order chi connectivity index (χ0) is 23.0. The highest BCUT2D eigenvalue weighted by molar-refractivity contribution is 7.90. The number of hydrogen-bond donors (Lipinski definition) is 0. The topological polar surface area (TPSA) is 77.2 Å². The first-order valence-corrected chi connectivity index (χ1v) is 11.9. The summed E-state index contributed by atoms with van der Waals surface area (Å²) in [6.07, 6.45) is 8.71. The minimum Gasteiger partial charge on any atom is -0.299 e. The van der Waals surface area contributed by atoms with Crippen molar-refractivity contribution in [2.24, 2.45) is 0 Å². The summed E-state index contributed by atoms with van der Waals surface area (Å²) in [5.41, 5.74) is 4.39. The summed E-state index contributed by atoms with van der Waals surface area (Å²) in [4.78, 5) is 12.8. The molecular formula is C24H16ClFN4O2S. The molecule has 0 saturated carbocycles. The molecule has 0 radical (unpaired) electrons. The van der Waals surface area contributed by atoms with Crippen LogP contribution < -0.4 is 0 Å². The van der Waals surface area contributed by atoms with Gasteiger partial charge in [-0.15, -0.1) is 0 Å². The Balaban J connectivity index is 1.54. The molecule has 1 aromatic carbocycles. The molecule has 0 saturated heterocycles. The maximum atomic E-state index is 13.2. The summed E-state index contributed by atoms with van der Waals surface area (Å²) in [6, 6.07) is 14.1. The van der Waals surface area contributed by atoms with Crippen molar-refractivity contribution in [1.29, 1.82) is 0 Å². The van der Waals surface area contributed by atoms with Crippen LogP contribution in [0.25, 0.3) is 28.0 Å². The van der Waals surface area contributed by atoms with E-state index in [9.17, 15) is 12.8 Å². The number of hydrogen-bond acceptors (Lipinski definition) is 5. The van der Waals surface area contributed by atoms with Gasteiger partial charge in [0, 0.05) is 47.0 Å². The zero-order valence-corrected chi connectivity index (χ0v) is 18.6. The Labute approximate surface area is 194 Å². The van der Waals surface area contributed by atoms with Crippen molar-refractivity contribution in [2.75, 3.05) is 0 Å². The molecule has 4 heterocycles. The highest BCUT2D eigenvalue weighted by atomic mass is 35.5. The van der Waals surface area contributed by atoms with Crippen LogP contribution >= 0.6 is 11.6 Å². The van der Waals surface area contributed by atoms with Gasteiger partial charge in [0.15, 0.2) is 9.84 Å². The maximum Gasteiger partial charge on any atom is 0.182 e. The second-order valence-corrected chi connectivity index (χ2v) is 9.77. The molecule has 5 rings (SSSR count). The van der Waals surface area contributed by atoms with Gasteiger partial charge in [-0.1, -0.05) is 17.7 Å². The summed E-state index contributed by atoms with van der Waals surface area (Å²) in [6.45, 7) is 0. The predicted molar refractivity (Wildman–Crippen MR) is 124 cm³/mol. The molecule has 0 aliphatic heterocycles. The Bertz CT molecular complexity index is 1570. The first-order valence-electron chi connectivity index (χ1n) is 9.91. The van der Waals surface area contributed by atoms with Gasteiger partial charge in [-0.3, -0.25) is 9.38 Å². The third kappa shape index (κ3) is 4.22. The number of rotatable bonds is 5. The number of aromatic nitrogens is 4. The molecule has 0 bridgehead atoms. The molecule has 5 aromatic rings. The average molecular weight is 479 g/mol. The lowest BCUT2D eigenvalue weighted by molar-refractivity contribution is 0.594. The van der Waals surface area contributed by atoms with Gasteiger partial charge in [0.2, 0.25) is 0 Å². The van der Waals surface area contributed by atoms with Gasteiger partial charge in [0.1, 0.15) is 16.6 Å². The lowest BCUT2D eigenvalue weighted by Crippen LogP contribution is -2.06. The molecule has 6 nitrogen and oxygen atoms in total. The van der Waals surface area contributed by atoms with Crippen LogP contribution in [0.5, 0.6) is 0 Å². The second kappa shape index (κ2) is 8.38. The maximum absolute atomic E-state index is 13.2. The van der Waals surface area contributed by atoms with E-state index in [0.29, 0.717) is 11.1 Å². The molecule has 0 aliphatic carbocycles. The van der Waals surface area contributed by atoms with Gasteiger partial charge in [-0.2, -0.15) is 0 Å². The van der Waals surface area contributed by atoms with Gasteiger partial charge in [-0.25, -0.2) is 22.8 Å². The summed E-state index contributed by atoms with van der Waals surface area (Å²) in [7, 11) is -3.74. The number of pyridine rings is 3. The van der Waals surface area contributed by atoms with E-state index in [4.69, 9.17) is 11.6 Å². The van der Waals surface area contributed by atoms with Crippen LogP contribution in [0.2, 0.25) is 5.15 Å². The van der Waals surface area contributed by atoms with Crippen LogP contribution in [0.3, 0.4) is 0 Å². The van der Waals surface area contributed by atoms with Gasteiger partial charge in [-0.05, 0) is 48.5 Å². The van der Waals surface area contributed by atoms with Gasteiger partial charge in [0.25, 0.3) is 0 Å². The van der Waals surface area contributed by atoms with Crippen molar-refractivity contribution in [3.63, 3.8) is 0 Å². The molecule has 9 heteroatoms. The number of nitrogens with zero attached hydrogens (tertiary/aromatic N) is 4. The Morgan fingerprint density at radius 3 is 2.48 bits per heavy atom. The third-order valence-electron chi connectivity index (χ3n) is 5.23. The SMILES string of the molecule is O=S(=O)(Cc1cc(-c2cnc3ccc(-c4cccnc4)cn23)cnc1Cl)c1ccc(F)cc1. The fourth-order valence-corrected chi connectivity index (χ4v) is 5.16. The molecule has 0 aliphatic rings. The highest BCUT2D eigenvalue weighted by Gasteiger charge is 2.19. The summed E-state index contributed by atoms with van der Waals surface area (Å²) in [5.74, 6) is -0.871. The second-order valence-electron chi connectivity index (χ2n) is 7.42. The first-order chi connectivity index (χ1) is 15.9. The smallest absolute Gasteiger partial charge is 0.182 e. The number of benzene rings is 1. The zero-order valence-electron chi connectivity index (χ0n) is 17.1. The minimum absolute atomic E-state index is 0.0151. The normalized spacial score (nSPS) is 11.7. The molecule has 4 aromatic heterocycles. The fourth-order valence-electron chi connectivity index (χ4n) is 3.56. The molecule has 0 unspecified atom stereocenters. The number of fused-ring (bicyclic) bond motifs is 1. The van der Waals surface area contributed by atoms with Gasteiger partial charge < -0.3 is 0 Å². The van der Waals surface area contributed by atoms with E-state index in [1.807, 2.05) is 34.9 Å². The van der Waals surface area contributed by atoms with Crippen molar-refractivity contribution >= 4 is 27.1 Å². The van der Waals surface area contributed by atoms with Crippen molar-refractivity contribution in [2.45, 2.75) is 10.6 Å². The average Bonchev–Trinajstić information content (AvgIpc) is 3.24. The van der Waals surface area contributed by atoms with E-state index < -0.39 is 15.7 Å². The fraction of sp³-hybridized carbons (Fsp3) is 0.0417. The number of imidazole rings is 1. The van der Waals surface area contributed by atoms with Crippen molar-refractivity contribution in [3.05, 3.63) is 102 Å². The number of sulfone groups is 1. The van der Waals surface area contributed by atoms with E-state index in [-0.39, 0.29) is 15.8 Å². The summed E-state index contributed by atoms with van der Waals surface area (Å²) in [5, 5.41) is 0.0920. The third-order valence-corrected chi connectivity index (χ3v) is 7.25.